The number of esters is 1. The van der Waals surface area contributed by atoms with Crippen molar-refractivity contribution < 1.29 is 9.53 Å². The molecule has 0 saturated carbocycles. The van der Waals surface area contributed by atoms with Gasteiger partial charge in [-0.25, -0.2) is 14.5 Å². The summed E-state index contributed by atoms with van der Waals surface area (Å²) in [6.45, 7) is 8.64. The van der Waals surface area contributed by atoms with Gasteiger partial charge in [0.05, 0.1) is 18.8 Å². The second-order valence-corrected chi connectivity index (χ2v) is 6.00. The first-order valence-corrected chi connectivity index (χ1v) is 7.33. The number of aryl methyl sites for hydroxylation is 1. The number of ether oxygens (including phenoxy) is 1. The number of rotatable bonds is 5. The second kappa shape index (κ2) is 6.13. The van der Waals surface area contributed by atoms with Crippen molar-refractivity contribution in [3.05, 3.63) is 27.5 Å². The highest BCUT2D eigenvalue weighted by molar-refractivity contribution is 7.09. The van der Waals surface area contributed by atoms with Crippen LogP contribution in [0.4, 0.5) is 0 Å². The molecule has 0 N–H and O–H groups in total. The summed E-state index contributed by atoms with van der Waals surface area (Å²) in [5.41, 5.74) is 1.96. The first-order chi connectivity index (χ1) is 9.47. The number of aromatic nitrogens is 4. The van der Waals surface area contributed by atoms with E-state index in [-0.39, 0.29) is 5.69 Å². The maximum Gasteiger partial charge on any atom is 0.360 e. The van der Waals surface area contributed by atoms with Crippen LogP contribution in [0.25, 0.3) is 0 Å². The first kappa shape index (κ1) is 14.6. The van der Waals surface area contributed by atoms with Crippen molar-refractivity contribution in [2.24, 2.45) is 5.92 Å². The Balaban J connectivity index is 2.08. The Morgan fingerprint density at radius 1 is 1.45 bits per heavy atom. The molecule has 0 aromatic carbocycles. The minimum Gasteiger partial charge on any atom is -0.461 e. The highest BCUT2D eigenvalue weighted by Gasteiger charge is 2.18. The van der Waals surface area contributed by atoms with Gasteiger partial charge in [-0.15, -0.1) is 16.4 Å². The third-order valence-electron chi connectivity index (χ3n) is 2.68. The molecule has 0 unspecified atom stereocenters. The summed E-state index contributed by atoms with van der Waals surface area (Å²) >= 11 is 1.57. The molecule has 0 aliphatic carbocycles. The molecule has 2 aromatic rings. The van der Waals surface area contributed by atoms with E-state index in [1.807, 2.05) is 33.1 Å². The van der Waals surface area contributed by atoms with Crippen molar-refractivity contribution in [3.8, 4) is 0 Å². The van der Waals surface area contributed by atoms with Gasteiger partial charge in [-0.2, -0.15) is 0 Å². The molecule has 0 bridgehead atoms. The molecule has 0 spiro atoms. The topological polar surface area (TPSA) is 69.9 Å². The number of hydrogen-bond donors (Lipinski definition) is 0. The normalized spacial score (nSPS) is 11.1. The molecule has 0 radical (unpaired) electrons. The van der Waals surface area contributed by atoms with Gasteiger partial charge in [0.1, 0.15) is 5.01 Å². The van der Waals surface area contributed by atoms with E-state index in [1.165, 1.54) is 0 Å². The summed E-state index contributed by atoms with van der Waals surface area (Å²) in [6, 6.07) is 0. The number of carbonyl (C=O) groups is 1. The van der Waals surface area contributed by atoms with Gasteiger partial charge in [0.2, 0.25) is 0 Å². The SMILES string of the molecule is Cc1csc(Cn2nnc(C(=O)OCC(C)C)c2C)n1. The Bertz CT molecular complexity index is 603. The van der Waals surface area contributed by atoms with Crippen LogP contribution in [0.2, 0.25) is 0 Å². The fourth-order valence-corrected chi connectivity index (χ4v) is 2.37. The lowest BCUT2D eigenvalue weighted by atomic mass is 10.2. The van der Waals surface area contributed by atoms with Gasteiger partial charge in [-0.3, -0.25) is 0 Å². The maximum atomic E-state index is 11.9. The van der Waals surface area contributed by atoms with Crippen molar-refractivity contribution in [2.75, 3.05) is 6.61 Å². The number of hydrogen-bond acceptors (Lipinski definition) is 6. The van der Waals surface area contributed by atoms with Crippen molar-refractivity contribution >= 4 is 17.3 Å². The van der Waals surface area contributed by atoms with Crippen LogP contribution in [-0.2, 0) is 11.3 Å². The number of nitrogens with zero attached hydrogens (tertiary/aromatic N) is 4. The van der Waals surface area contributed by atoms with Crippen LogP contribution in [0.1, 0.15) is 40.7 Å². The smallest absolute Gasteiger partial charge is 0.360 e. The number of carbonyl (C=O) groups excluding carboxylic acids is 1. The lowest BCUT2D eigenvalue weighted by Crippen LogP contribution is -2.12. The lowest BCUT2D eigenvalue weighted by Gasteiger charge is -2.05. The third-order valence-corrected chi connectivity index (χ3v) is 3.63. The van der Waals surface area contributed by atoms with E-state index in [4.69, 9.17) is 4.74 Å². The monoisotopic (exact) mass is 294 g/mol. The Morgan fingerprint density at radius 3 is 2.80 bits per heavy atom. The lowest BCUT2D eigenvalue weighted by molar-refractivity contribution is 0.0451. The van der Waals surface area contributed by atoms with Gasteiger partial charge >= 0.3 is 5.97 Å². The van der Waals surface area contributed by atoms with Crippen molar-refractivity contribution in [1.82, 2.24) is 20.0 Å². The molecular formula is C13H18N4O2S. The Labute approximate surface area is 121 Å². The summed E-state index contributed by atoms with van der Waals surface area (Å²) in [6.07, 6.45) is 0. The van der Waals surface area contributed by atoms with Gasteiger partial charge in [0, 0.05) is 11.1 Å². The highest BCUT2D eigenvalue weighted by Crippen LogP contribution is 2.13. The third kappa shape index (κ3) is 3.41. The Morgan fingerprint density at radius 2 is 2.20 bits per heavy atom. The summed E-state index contributed by atoms with van der Waals surface area (Å²) in [4.78, 5) is 16.3. The highest BCUT2D eigenvalue weighted by atomic mass is 32.1. The van der Waals surface area contributed by atoms with Crippen LogP contribution in [0.15, 0.2) is 5.38 Å². The molecule has 20 heavy (non-hydrogen) atoms. The summed E-state index contributed by atoms with van der Waals surface area (Å²) in [7, 11) is 0. The van der Waals surface area contributed by atoms with Crippen LogP contribution in [-0.4, -0.2) is 32.6 Å². The van der Waals surface area contributed by atoms with Crippen LogP contribution in [0, 0.1) is 19.8 Å². The Hall–Kier alpha value is -1.76. The first-order valence-electron chi connectivity index (χ1n) is 6.45. The average Bonchev–Trinajstić information content (AvgIpc) is 2.95. The van der Waals surface area contributed by atoms with E-state index in [0.29, 0.717) is 24.8 Å². The predicted octanol–water partition coefficient (Wildman–Crippen LogP) is 2.21. The van der Waals surface area contributed by atoms with Gasteiger partial charge in [-0.05, 0) is 19.8 Å². The molecule has 0 atom stereocenters. The molecule has 0 aliphatic heterocycles. The molecule has 7 heteroatoms. The van der Waals surface area contributed by atoms with E-state index < -0.39 is 5.97 Å². The van der Waals surface area contributed by atoms with Gasteiger partial charge < -0.3 is 4.74 Å². The van der Waals surface area contributed by atoms with Crippen LogP contribution >= 0.6 is 11.3 Å². The van der Waals surface area contributed by atoms with Crippen LogP contribution in [0.5, 0.6) is 0 Å². The fraction of sp³-hybridized carbons (Fsp3) is 0.538. The van der Waals surface area contributed by atoms with E-state index in [0.717, 1.165) is 10.7 Å². The van der Waals surface area contributed by atoms with E-state index in [9.17, 15) is 4.79 Å². The van der Waals surface area contributed by atoms with E-state index in [1.54, 1.807) is 16.0 Å². The van der Waals surface area contributed by atoms with Crippen molar-refractivity contribution in [3.63, 3.8) is 0 Å². The molecule has 0 amide bonds. The van der Waals surface area contributed by atoms with Crippen LogP contribution < -0.4 is 0 Å². The predicted molar refractivity (Wildman–Crippen MR) is 75.8 cm³/mol. The molecule has 0 fully saturated rings. The van der Waals surface area contributed by atoms with Gasteiger partial charge in [0.25, 0.3) is 0 Å². The zero-order valence-corrected chi connectivity index (χ0v) is 12.9. The minimum atomic E-state index is -0.419. The molecule has 2 rings (SSSR count). The molecular weight excluding hydrogens is 276 g/mol. The summed E-state index contributed by atoms with van der Waals surface area (Å²) in [5, 5.41) is 10.8. The van der Waals surface area contributed by atoms with Gasteiger partial charge in [0.15, 0.2) is 5.69 Å². The van der Waals surface area contributed by atoms with E-state index in [2.05, 4.69) is 15.3 Å². The zero-order chi connectivity index (χ0) is 14.7. The van der Waals surface area contributed by atoms with Crippen molar-refractivity contribution in [2.45, 2.75) is 34.2 Å². The zero-order valence-electron chi connectivity index (χ0n) is 12.1. The minimum absolute atomic E-state index is 0.277. The van der Waals surface area contributed by atoms with E-state index >= 15 is 0 Å². The van der Waals surface area contributed by atoms with Crippen LogP contribution in [0.3, 0.4) is 0 Å². The maximum absolute atomic E-state index is 11.9. The largest absolute Gasteiger partial charge is 0.461 e. The van der Waals surface area contributed by atoms with Crippen molar-refractivity contribution in [1.29, 1.82) is 0 Å². The second-order valence-electron chi connectivity index (χ2n) is 5.06. The number of thiazole rings is 1. The fourth-order valence-electron chi connectivity index (χ4n) is 1.61. The summed E-state index contributed by atoms with van der Waals surface area (Å²) in [5.74, 6) is -0.120. The molecule has 0 aliphatic rings. The standard InChI is InChI=1S/C13H18N4O2S/c1-8(2)6-19-13(18)12-10(4)17(16-15-12)5-11-14-9(3)7-20-11/h7-8H,5-6H2,1-4H3. The molecule has 0 saturated heterocycles. The Kier molecular flexibility index (Phi) is 4.49. The molecule has 108 valence electrons. The average molecular weight is 294 g/mol. The molecule has 6 nitrogen and oxygen atoms in total. The quantitative estimate of drug-likeness (QED) is 0.791. The summed E-state index contributed by atoms with van der Waals surface area (Å²) < 4.78 is 6.84. The molecule has 2 heterocycles. The molecule has 2 aromatic heterocycles. The van der Waals surface area contributed by atoms with Gasteiger partial charge in [-0.1, -0.05) is 19.1 Å².